The minimum Gasteiger partial charge on any atom is -0.435 e. The molecule has 0 aliphatic rings. The van der Waals surface area contributed by atoms with Gasteiger partial charge in [0.2, 0.25) is 5.91 Å². The molecule has 0 spiro atoms. The lowest BCUT2D eigenvalue weighted by atomic mass is 9.87. The van der Waals surface area contributed by atoms with Crippen molar-refractivity contribution in [2.24, 2.45) is 0 Å². The topological polar surface area (TPSA) is 69.0 Å². The van der Waals surface area contributed by atoms with E-state index in [9.17, 15) is 13.6 Å². The molecule has 0 unspecified atom stereocenters. The number of nitrogens with zero attached hydrogens (tertiary/aromatic N) is 3. The molecule has 4 aromatic rings. The maximum absolute atomic E-state index is 12.6. The first-order valence-corrected chi connectivity index (χ1v) is 12.3. The third-order valence-electron chi connectivity index (χ3n) is 5.35. The number of alkyl halides is 2. The molecule has 0 bridgehead atoms. The molecule has 1 aromatic heterocycles. The first-order chi connectivity index (χ1) is 17.2. The molecule has 0 aliphatic carbocycles. The Morgan fingerprint density at radius 2 is 1.64 bits per heavy atom. The summed E-state index contributed by atoms with van der Waals surface area (Å²) in [6, 6.07) is 23.7. The number of carbonyl (C=O) groups is 1. The molecule has 4 rings (SSSR count). The smallest absolute Gasteiger partial charge is 0.387 e. The van der Waals surface area contributed by atoms with Crippen LogP contribution in [-0.2, 0) is 10.2 Å². The second-order valence-corrected chi connectivity index (χ2v) is 9.99. The largest absolute Gasteiger partial charge is 0.435 e. The number of benzene rings is 3. The molecular formula is C27H26F2N4O2S. The van der Waals surface area contributed by atoms with Gasteiger partial charge < -0.3 is 10.1 Å². The van der Waals surface area contributed by atoms with Crippen molar-refractivity contribution < 1.29 is 18.3 Å². The molecule has 186 valence electrons. The molecule has 1 heterocycles. The molecule has 0 saturated carbocycles. The Hall–Kier alpha value is -3.72. The van der Waals surface area contributed by atoms with Crippen molar-refractivity contribution in [1.29, 1.82) is 0 Å². The number of aromatic nitrogens is 3. The van der Waals surface area contributed by atoms with Crippen LogP contribution in [0.25, 0.3) is 17.1 Å². The molecule has 0 fully saturated rings. The van der Waals surface area contributed by atoms with Gasteiger partial charge in [0.05, 0.1) is 5.75 Å². The van der Waals surface area contributed by atoms with E-state index in [4.69, 9.17) is 0 Å². The van der Waals surface area contributed by atoms with E-state index in [1.807, 2.05) is 47.0 Å². The van der Waals surface area contributed by atoms with Gasteiger partial charge in [-0.2, -0.15) is 8.78 Å². The first kappa shape index (κ1) is 25.4. The van der Waals surface area contributed by atoms with Crippen molar-refractivity contribution in [3.63, 3.8) is 0 Å². The van der Waals surface area contributed by atoms with Crippen LogP contribution < -0.4 is 10.1 Å². The lowest BCUT2D eigenvalue weighted by molar-refractivity contribution is -0.113. The van der Waals surface area contributed by atoms with Crippen LogP contribution in [0, 0.1) is 0 Å². The summed E-state index contributed by atoms with van der Waals surface area (Å²) >= 11 is 1.26. The molecule has 0 atom stereocenters. The van der Waals surface area contributed by atoms with Crippen LogP contribution in [0.1, 0.15) is 26.3 Å². The van der Waals surface area contributed by atoms with Crippen molar-refractivity contribution in [2.75, 3.05) is 11.1 Å². The number of anilines is 1. The molecule has 1 amide bonds. The summed E-state index contributed by atoms with van der Waals surface area (Å²) in [7, 11) is 0. The number of rotatable bonds is 8. The van der Waals surface area contributed by atoms with Crippen LogP contribution in [0.2, 0.25) is 0 Å². The molecule has 0 radical (unpaired) electrons. The van der Waals surface area contributed by atoms with Crippen molar-refractivity contribution in [1.82, 2.24) is 14.8 Å². The number of halogens is 2. The Kier molecular flexibility index (Phi) is 7.69. The zero-order valence-corrected chi connectivity index (χ0v) is 20.9. The van der Waals surface area contributed by atoms with Crippen LogP contribution >= 0.6 is 11.8 Å². The van der Waals surface area contributed by atoms with Gasteiger partial charge in [-0.25, -0.2) is 0 Å². The van der Waals surface area contributed by atoms with Gasteiger partial charge in [-0.3, -0.25) is 9.36 Å². The lowest BCUT2D eigenvalue weighted by Gasteiger charge is -2.19. The number of hydrogen-bond acceptors (Lipinski definition) is 5. The third-order valence-corrected chi connectivity index (χ3v) is 6.28. The van der Waals surface area contributed by atoms with Gasteiger partial charge in [-0.15, -0.1) is 10.2 Å². The van der Waals surface area contributed by atoms with Gasteiger partial charge in [0, 0.05) is 16.9 Å². The Morgan fingerprint density at radius 3 is 2.25 bits per heavy atom. The maximum Gasteiger partial charge on any atom is 0.387 e. The first-order valence-electron chi connectivity index (χ1n) is 11.3. The van der Waals surface area contributed by atoms with Crippen molar-refractivity contribution in [3.8, 4) is 22.8 Å². The normalized spacial score (nSPS) is 11.5. The second kappa shape index (κ2) is 10.9. The summed E-state index contributed by atoms with van der Waals surface area (Å²) in [5, 5.41) is 12.1. The van der Waals surface area contributed by atoms with E-state index in [2.05, 4.69) is 53.2 Å². The second-order valence-electron chi connectivity index (χ2n) is 9.04. The molecule has 0 saturated heterocycles. The summed E-state index contributed by atoms with van der Waals surface area (Å²) < 4.78 is 30.9. The number of hydrogen-bond donors (Lipinski definition) is 1. The number of nitrogens with one attached hydrogen (secondary N) is 1. The number of para-hydroxylation sites is 1. The van der Waals surface area contributed by atoms with Crippen LogP contribution in [0.3, 0.4) is 0 Å². The fourth-order valence-corrected chi connectivity index (χ4v) is 4.28. The van der Waals surface area contributed by atoms with Crippen molar-refractivity contribution in [3.05, 3.63) is 84.4 Å². The molecule has 1 N–H and O–H groups in total. The van der Waals surface area contributed by atoms with Crippen LogP contribution in [0.4, 0.5) is 14.5 Å². The number of amides is 1. The Morgan fingerprint density at radius 1 is 0.972 bits per heavy atom. The van der Waals surface area contributed by atoms with Crippen molar-refractivity contribution >= 4 is 23.4 Å². The predicted octanol–water partition coefficient (Wildman–Crippen LogP) is 6.56. The van der Waals surface area contributed by atoms with Gasteiger partial charge in [-0.1, -0.05) is 75.0 Å². The minimum absolute atomic E-state index is 0.0244. The molecular weight excluding hydrogens is 482 g/mol. The van der Waals surface area contributed by atoms with E-state index in [0.717, 1.165) is 11.3 Å². The van der Waals surface area contributed by atoms with E-state index >= 15 is 0 Å². The van der Waals surface area contributed by atoms with Crippen LogP contribution in [0.15, 0.2) is 84.0 Å². The standard InChI is InChI=1S/C27H26F2N4O2S/c1-27(2,3)19-11-9-18(10-12-19)24-31-32-26(33(24)21-7-5-4-6-8-21)36-17-23(34)30-20-13-15-22(16-14-20)35-25(28)29/h4-16,25H,17H2,1-3H3,(H,30,34). The van der Waals surface area contributed by atoms with E-state index < -0.39 is 6.61 Å². The quantitative estimate of drug-likeness (QED) is 0.273. The van der Waals surface area contributed by atoms with Gasteiger partial charge in [0.15, 0.2) is 11.0 Å². The fourth-order valence-electron chi connectivity index (χ4n) is 3.53. The van der Waals surface area contributed by atoms with E-state index in [1.165, 1.54) is 41.6 Å². The summed E-state index contributed by atoms with van der Waals surface area (Å²) in [5.41, 5.74) is 3.54. The van der Waals surface area contributed by atoms with E-state index in [1.54, 1.807) is 0 Å². The summed E-state index contributed by atoms with van der Waals surface area (Å²) in [6.45, 7) is 3.60. The van der Waals surface area contributed by atoms with E-state index in [0.29, 0.717) is 16.7 Å². The summed E-state index contributed by atoms with van der Waals surface area (Å²) in [4.78, 5) is 12.6. The number of thioether (sulfide) groups is 1. The molecule has 0 aliphatic heterocycles. The SMILES string of the molecule is CC(C)(C)c1ccc(-c2nnc(SCC(=O)Nc3ccc(OC(F)F)cc3)n2-c2ccccc2)cc1. The summed E-state index contributed by atoms with van der Waals surface area (Å²) in [5.74, 6) is 0.528. The molecule has 3 aromatic carbocycles. The van der Waals surface area contributed by atoms with Crippen LogP contribution in [0.5, 0.6) is 5.75 Å². The monoisotopic (exact) mass is 508 g/mol. The predicted molar refractivity (Wildman–Crippen MR) is 138 cm³/mol. The third kappa shape index (κ3) is 6.28. The highest BCUT2D eigenvalue weighted by molar-refractivity contribution is 7.99. The fraction of sp³-hybridized carbons (Fsp3) is 0.222. The zero-order valence-electron chi connectivity index (χ0n) is 20.1. The van der Waals surface area contributed by atoms with Gasteiger partial charge in [-0.05, 0) is 47.4 Å². The highest BCUT2D eigenvalue weighted by atomic mass is 32.2. The average molecular weight is 509 g/mol. The minimum atomic E-state index is -2.90. The molecule has 9 heteroatoms. The van der Waals surface area contributed by atoms with E-state index in [-0.39, 0.29) is 22.8 Å². The average Bonchev–Trinajstić information content (AvgIpc) is 3.28. The number of carbonyl (C=O) groups excluding carboxylic acids is 1. The zero-order chi connectivity index (χ0) is 25.7. The van der Waals surface area contributed by atoms with Crippen molar-refractivity contribution in [2.45, 2.75) is 38.0 Å². The Balaban J connectivity index is 1.52. The summed E-state index contributed by atoms with van der Waals surface area (Å²) in [6.07, 6.45) is 0. The molecule has 36 heavy (non-hydrogen) atoms. The number of ether oxygens (including phenoxy) is 1. The van der Waals surface area contributed by atoms with Crippen LogP contribution in [-0.4, -0.2) is 33.0 Å². The maximum atomic E-state index is 12.6. The Labute approximate surface area is 212 Å². The highest BCUT2D eigenvalue weighted by Gasteiger charge is 2.19. The highest BCUT2D eigenvalue weighted by Crippen LogP contribution is 2.30. The van der Waals surface area contributed by atoms with Gasteiger partial charge >= 0.3 is 6.61 Å². The molecule has 6 nitrogen and oxygen atoms in total. The Bertz CT molecular complexity index is 1300. The van der Waals surface area contributed by atoms with Gasteiger partial charge in [0.25, 0.3) is 0 Å². The lowest BCUT2D eigenvalue weighted by Crippen LogP contribution is -2.14. The van der Waals surface area contributed by atoms with Gasteiger partial charge in [0.1, 0.15) is 5.75 Å².